The number of carbonyl (C=O) groups is 2. The lowest BCUT2D eigenvalue weighted by Gasteiger charge is -2.24. The number of para-hydroxylation sites is 1. The van der Waals surface area contributed by atoms with Crippen LogP contribution in [-0.2, 0) is 9.59 Å². The molecular weight excluding hydrogens is 318 g/mol. The minimum absolute atomic E-state index is 0.275. The van der Waals surface area contributed by atoms with Crippen molar-refractivity contribution in [1.29, 1.82) is 0 Å². The largest absolute Gasteiger partial charge is 0.493 e. The van der Waals surface area contributed by atoms with Gasteiger partial charge in [0.05, 0.1) is 6.61 Å². The molecule has 1 saturated carbocycles. The van der Waals surface area contributed by atoms with Gasteiger partial charge in [-0.2, -0.15) is 0 Å². The van der Waals surface area contributed by atoms with Gasteiger partial charge >= 0.3 is 5.97 Å². The molecule has 5 heteroatoms. The van der Waals surface area contributed by atoms with E-state index in [-0.39, 0.29) is 11.8 Å². The van der Waals surface area contributed by atoms with Gasteiger partial charge in [0.25, 0.3) is 0 Å². The van der Waals surface area contributed by atoms with Crippen molar-refractivity contribution in [3.63, 3.8) is 0 Å². The first-order valence-corrected chi connectivity index (χ1v) is 9.35. The Balaban J connectivity index is 1.54. The van der Waals surface area contributed by atoms with Crippen molar-refractivity contribution >= 4 is 11.9 Å². The molecule has 1 aromatic rings. The number of carboxylic acids is 1. The predicted molar refractivity (Wildman–Crippen MR) is 94.7 cm³/mol. The summed E-state index contributed by atoms with van der Waals surface area (Å²) in [5.41, 5.74) is 1.32. The SMILES string of the molecule is O=C(O)CC(=O)N1CC[C@H](COc2ccccc2C2CCCCC2)C1. The quantitative estimate of drug-likeness (QED) is 0.802. The van der Waals surface area contributed by atoms with Crippen LogP contribution in [0.3, 0.4) is 0 Å². The van der Waals surface area contributed by atoms with Crippen molar-refractivity contribution in [2.45, 2.75) is 50.9 Å². The maximum atomic E-state index is 11.8. The van der Waals surface area contributed by atoms with Gasteiger partial charge in [-0.25, -0.2) is 0 Å². The molecule has 5 nitrogen and oxygen atoms in total. The van der Waals surface area contributed by atoms with E-state index < -0.39 is 12.4 Å². The van der Waals surface area contributed by atoms with Gasteiger partial charge in [0.15, 0.2) is 0 Å². The number of aliphatic carboxylic acids is 1. The summed E-state index contributed by atoms with van der Waals surface area (Å²) < 4.78 is 6.13. The predicted octanol–water partition coefficient (Wildman–Crippen LogP) is 3.44. The third kappa shape index (κ3) is 4.74. The van der Waals surface area contributed by atoms with Gasteiger partial charge in [-0.05, 0) is 36.8 Å². The fourth-order valence-corrected chi connectivity index (χ4v) is 4.01. The molecule has 0 unspecified atom stereocenters. The highest BCUT2D eigenvalue weighted by Gasteiger charge is 2.28. The van der Waals surface area contributed by atoms with Crippen LogP contribution in [0.4, 0.5) is 0 Å². The molecule has 1 saturated heterocycles. The molecule has 0 spiro atoms. The number of carbonyl (C=O) groups excluding carboxylic acids is 1. The first kappa shape index (κ1) is 17.8. The Morgan fingerprint density at radius 2 is 1.88 bits per heavy atom. The van der Waals surface area contributed by atoms with Crippen molar-refractivity contribution < 1.29 is 19.4 Å². The molecule has 1 N–H and O–H groups in total. The summed E-state index contributed by atoms with van der Waals surface area (Å²) >= 11 is 0. The number of rotatable bonds is 6. The minimum Gasteiger partial charge on any atom is -0.493 e. The van der Waals surface area contributed by atoms with E-state index in [1.54, 1.807) is 4.90 Å². The van der Waals surface area contributed by atoms with E-state index in [2.05, 4.69) is 12.1 Å². The van der Waals surface area contributed by atoms with Crippen LogP contribution in [0.15, 0.2) is 24.3 Å². The number of hydrogen-bond donors (Lipinski definition) is 1. The minimum atomic E-state index is -1.06. The zero-order valence-corrected chi connectivity index (χ0v) is 14.7. The smallest absolute Gasteiger partial charge is 0.312 e. The molecular formula is C20H27NO4. The maximum absolute atomic E-state index is 11.8. The summed E-state index contributed by atoms with van der Waals surface area (Å²) in [6.07, 6.45) is 6.85. The summed E-state index contributed by atoms with van der Waals surface area (Å²) in [5, 5.41) is 8.74. The third-order valence-corrected chi connectivity index (χ3v) is 5.38. The number of ether oxygens (including phenoxy) is 1. The summed E-state index contributed by atoms with van der Waals surface area (Å²) in [6, 6.07) is 8.33. The standard InChI is InChI=1S/C20H27NO4/c22-19(12-20(23)24)21-11-10-15(13-21)14-25-18-9-5-4-8-17(18)16-6-2-1-3-7-16/h4-5,8-9,15-16H,1-3,6-7,10-14H2,(H,23,24)/t15-/m0/s1. The van der Waals surface area contributed by atoms with Gasteiger partial charge < -0.3 is 14.7 Å². The van der Waals surface area contributed by atoms with Crippen LogP contribution in [0.2, 0.25) is 0 Å². The van der Waals surface area contributed by atoms with Gasteiger partial charge in [0.2, 0.25) is 5.91 Å². The molecule has 1 atom stereocenters. The molecule has 136 valence electrons. The van der Waals surface area contributed by atoms with E-state index in [0.717, 1.165) is 12.2 Å². The summed E-state index contributed by atoms with van der Waals surface area (Å²) in [5.74, 6) is 0.493. The molecule has 0 aromatic heterocycles. The van der Waals surface area contributed by atoms with Crippen LogP contribution < -0.4 is 4.74 Å². The molecule has 2 fully saturated rings. The van der Waals surface area contributed by atoms with E-state index >= 15 is 0 Å². The average Bonchev–Trinajstić information content (AvgIpc) is 3.10. The van der Waals surface area contributed by atoms with Gasteiger partial charge in [-0.3, -0.25) is 9.59 Å². The number of carboxylic acid groups (broad SMARTS) is 1. The van der Waals surface area contributed by atoms with E-state index in [4.69, 9.17) is 9.84 Å². The van der Waals surface area contributed by atoms with Crippen molar-refractivity contribution in [1.82, 2.24) is 4.90 Å². The highest BCUT2D eigenvalue weighted by atomic mass is 16.5. The summed E-state index contributed by atoms with van der Waals surface area (Å²) in [7, 11) is 0. The van der Waals surface area contributed by atoms with Crippen molar-refractivity contribution in [3.05, 3.63) is 29.8 Å². The van der Waals surface area contributed by atoms with E-state index in [0.29, 0.717) is 25.6 Å². The number of nitrogens with zero attached hydrogens (tertiary/aromatic N) is 1. The van der Waals surface area contributed by atoms with E-state index in [9.17, 15) is 9.59 Å². The number of benzene rings is 1. The Hall–Kier alpha value is -2.04. The highest BCUT2D eigenvalue weighted by Crippen LogP contribution is 2.37. The molecule has 1 heterocycles. The number of likely N-dealkylation sites (tertiary alicyclic amines) is 1. The molecule has 0 bridgehead atoms. The zero-order chi connectivity index (χ0) is 17.6. The molecule has 1 aliphatic carbocycles. The Labute approximate surface area is 149 Å². The Bertz CT molecular complexity index is 609. The van der Waals surface area contributed by atoms with Gasteiger partial charge in [0, 0.05) is 19.0 Å². The Kier molecular flexibility index (Phi) is 5.95. The van der Waals surface area contributed by atoms with Crippen molar-refractivity contribution in [2.24, 2.45) is 5.92 Å². The molecule has 1 aliphatic heterocycles. The molecule has 2 aliphatic rings. The second kappa shape index (κ2) is 8.37. The molecule has 3 rings (SSSR count). The van der Waals surface area contributed by atoms with Crippen LogP contribution in [0.25, 0.3) is 0 Å². The van der Waals surface area contributed by atoms with Crippen LogP contribution in [0, 0.1) is 5.92 Å². The average molecular weight is 345 g/mol. The zero-order valence-electron chi connectivity index (χ0n) is 14.7. The fourth-order valence-electron chi connectivity index (χ4n) is 4.01. The van der Waals surface area contributed by atoms with Crippen molar-refractivity contribution in [3.8, 4) is 5.75 Å². The Morgan fingerprint density at radius 3 is 2.64 bits per heavy atom. The molecule has 1 amide bonds. The topological polar surface area (TPSA) is 66.8 Å². The van der Waals surface area contributed by atoms with Crippen molar-refractivity contribution in [2.75, 3.05) is 19.7 Å². The van der Waals surface area contributed by atoms with Crippen LogP contribution in [-0.4, -0.2) is 41.6 Å². The summed E-state index contributed by atoms with van der Waals surface area (Å²) in [6.45, 7) is 1.81. The molecule has 1 aromatic carbocycles. The lowest BCUT2D eigenvalue weighted by molar-refractivity contribution is -0.143. The Morgan fingerprint density at radius 1 is 1.12 bits per heavy atom. The normalized spacial score (nSPS) is 21.3. The first-order chi connectivity index (χ1) is 12.1. The van der Waals surface area contributed by atoms with Gasteiger partial charge in [-0.15, -0.1) is 0 Å². The van der Waals surface area contributed by atoms with E-state index in [1.807, 2.05) is 12.1 Å². The molecule has 25 heavy (non-hydrogen) atoms. The lowest BCUT2D eigenvalue weighted by Crippen LogP contribution is -2.31. The second-order valence-electron chi connectivity index (χ2n) is 7.25. The van der Waals surface area contributed by atoms with Gasteiger partial charge in [0.1, 0.15) is 12.2 Å². The van der Waals surface area contributed by atoms with Crippen LogP contribution in [0.1, 0.15) is 56.4 Å². The van der Waals surface area contributed by atoms with Gasteiger partial charge in [-0.1, -0.05) is 37.5 Å². The first-order valence-electron chi connectivity index (χ1n) is 9.35. The molecule has 0 radical (unpaired) electrons. The lowest BCUT2D eigenvalue weighted by atomic mass is 9.84. The monoisotopic (exact) mass is 345 g/mol. The highest BCUT2D eigenvalue weighted by molar-refractivity contribution is 5.93. The van der Waals surface area contributed by atoms with E-state index in [1.165, 1.54) is 37.7 Å². The fraction of sp³-hybridized carbons (Fsp3) is 0.600. The third-order valence-electron chi connectivity index (χ3n) is 5.38. The summed E-state index contributed by atoms with van der Waals surface area (Å²) in [4.78, 5) is 24.2. The second-order valence-corrected chi connectivity index (χ2v) is 7.25. The maximum Gasteiger partial charge on any atom is 0.312 e. The number of hydrogen-bond acceptors (Lipinski definition) is 3. The van der Waals surface area contributed by atoms with Crippen LogP contribution >= 0.6 is 0 Å². The number of amides is 1. The van der Waals surface area contributed by atoms with Crippen LogP contribution in [0.5, 0.6) is 5.75 Å².